The number of rotatable bonds is 3. The zero-order chi connectivity index (χ0) is 14.7. The fourth-order valence-corrected chi connectivity index (χ4v) is 2.58. The second kappa shape index (κ2) is 6.31. The Balaban J connectivity index is 1.60. The molecule has 0 unspecified atom stereocenters. The molecule has 1 heterocycles. The largest absolute Gasteiger partial charge is 0.460 e. The van der Waals surface area contributed by atoms with Crippen LogP contribution in [0.1, 0.15) is 16.7 Å². The second-order valence-electron chi connectivity index (χ2n) is 5.08. The fraction of sp³-hybridized carbons (Fsp3) is 0.235. The molecule has 21 heavy (non-hydrogen) atoms. The number of fused-ring (bicyclic) bond motifs is 1. The van der Waals surface area contributed by atoms with Gasteiger partial charge in [0, 0.05) is 16.6 Å². The van der Waals surface area contributed by atoms with E-state index in [1.807, 2.05) is 12.1 Å². The van der Waals surface area contributed by atoms with Gasteiger partial charge in [-0.2, -0.15) is 4.99 Å². The van der Waals surface area contributed by atoms with Gasteiger partial charge in [-0.25, -0.2) is 0 Å². The lowest BCUT2D eigenvalue weighted by atomic mass is 10.1. The molecule has 0 saturated carbocycles. The maximum atomic E-state index is 5.67. The van der Waals surface area contributed by atoms with E-state index in [0.717, 1.165) is 23.1 Å². The van der Waals surface area contributed by atoms with Gasteiger partial charge in [-0.15, -0.1) is 0 Å². The van der Waals surface area contributed by atoms with Gasteiger partial charge in [-0.1, -0.05) is 40.2 Å². The van der Waals surface area contributed by atoms with Crippen molar-refractivity contribution in [2.45, 2.75) is 20.0 Å². The van der Waals surface area contributed by atoms with E-state index >= 15 is 0 Å². The van der Waals surface area contributed by atoms with Crippen LogP contribution in [0.4, 0.5) is 5.69 Å². The molecule has 3 nitrogen and oxygen atoms in total. The van der Waals surface area contributed by atoms with Crippen LogP contribution in [-0.2, 0) is 17.8 Å². The Kier molecular flexibility index (Phi) is 4.25. The fourth-order valence-electron chi connectivity index (χ4n) is 2.32. The summed E-state index contributed by atoms with van der Waals surface area (Å²) in [5.41, 5.74) is 4.70. The van der Waals surface area contributed by atoms with Crippen LogP contribution in [0, 0.1) is 6.92 Å². The average molecular weight is 345 g/mol. The van der Waals surface area contributed by atoms with Gasteiger partial charge in [0.2, 0.25) is 0 Å². The van der Waals surface area contributed by atoms with Crippen molar-refractivity contribution in [3.8, 4) is 0 Å². The molecule has 1 aliphatic heterocycles. The Bertz CT molecular complexity index is 665. The van der Waals surface area contributed by atoms with Crippen molar-refractivity contribution in [2.24, 2.45) is 4.99 Å². The van der Waals surface area contributed by atoms with Crippen molar-refractivity contribution in [1.82, 2.24) is 5.32 Å². The van der Waals surface area contributed by atoms with Crippen molar-refractivity contribution >= 4 is 27.6 Å². The summed E-state index contributed by atoms with van der Waals surface area (Å²) >= 11 is 3.44. The molecule has 1 N–H and O–H groups in total. The third-order valence-electron chi connectivity index (χ3n) is 3.56. The van der Waals surface area contributed by atoms with E-state index in [1.54, 1.807) is 0 Å². The molecule has 1 aliphatic rings. The minimum absolute atomic E-state index is 0.589. The molecule has 3 rings (SSSR count). The first kappa shape index (κ1) is 14.1. The highest BCUT2D eigenvalue weighted by Crippen LogP contribution is 2.26. The first-order valence-corrected chi connectivity index (χ1v) is 7.80. The number of aliphatic imine (C=N–C) groups is 1. The van der Waals surface area contributed by atoms with Gasteiger partial charge >= 0.3 is 0 Å². The Hall–Kier alpha value is -1.81. The quantitative estimate of drug-likeness (QED) is 0.908. The molecule has 0 aromatic heterocycles. The van der Waals surface area contributed by atoms with Crippen LogP contribution in [0.2, 0.25) is 0 Å². The Labute approximate surface area is 133 Å². The van der Waals surface area contributed by atoms with Gasteiger partial charge in [0.05, 0.1) is 5.69 Å². The van der Waals surface area contributed by atoms with Crippen molar-refractivity contribution in [3.05, 3.63) is 63.6 Å². The minimum atomic E-state index is 0.589. The Morgan fingerprint density at radius 3 is 2.81 bits per heavy atom. The summed E-state index contributed by atoms with van der Waals surface area (Å²) in [6, 6.07) is 15.1. The zero-order valence-electron chi connectivity index (χ0n) is 11.9. The number of amidine groups is 1. The van der Waals surface area contributed by atoms with E-state index in [2.05, 4.69) is 63.5 Å². The summed E-state index contributed by atoms with van der Waals surface area (Å²) in [5.74, 6) is 0. The number of aryl methyl sites for hydroxylation is 1. The first-order chi connectivity index (χ1) is 10.2. The number of nitrogens with one attached hydrogen (secondary N) is 1. The first-order valence-electron chi connectivity index (χ1n) is 7.01. The molecule has 0 radical (unpaired) electrons. The monoisotopic (exact) mass is 344 g/mol. The molecule has 0 aliphatic carbocycles. The highest BCUT2D eigenvalue weighted by molar-refractivity contribution is 9.10. The smallest absolute Gasteiger partial charge is 0.290 e. The maximum Gasteiger partial charge on any atom is 0.290 e. The number of hydrogen-bond donors (Lipinski definition) is 1. The lowest BCUT2D eigenvalue weighted by Gasteiger charge is -2.19. The predicted octanol–water partition coefficient (Wildman–Crippen LogP) is 4.11. The SMILES string of the molecule is Cc1cccc2c1COC(NCCc1ccc(Br)cc1)=N2. The summed E-state index contributed by atoms with van der Waals surface area (Å²) in [4.78, 5) is 4.53. The normalized spacial score (nSPS) is 13.1. The molecule has 0 amide bonds. The zero-order valence-corrected chi connectivity index (χ0v) is 13.5. The summed E-state index contributed by atoms with van der Waals surface area (Å²) in [7, 11) is 0. The molecule has 0 saturated heterocycles. The van der Waals surface area contributed by atoms with E-state index < -0.39 is 0 Å². The number of benzene rings is 2. The van der Waals surface area contributed by atoms with Crippen LogP contribution in [0.15, 0.2) is 51.9 Å². The van der Waals surface area contributed by atoms with E-state index in [4.69, 9.17) is 4.74 Å². The molecule has 4 heteroatoms. The third-order valence-corrected chi connectivity index (χ3v) is 4.09. The van der Waals surface area contributed by atoms with Gasteiger partial charge < -0.3 is 10.1 Å². The lowest BCUT2D eigenvalue weighted by Crippen LogP contribution is -2.29. The molecule has 0 bridgehead atoms. The summed E-state index contributed by atoms with van der Waals surface area (Å²) < 4.78 is 6.78. The molecular weight excluding hydrogens is 328 g/mol. The van der Waals surface area contributed by atoms with Gasteiger partial charge in [0.1, 0.15) is 6.61 Å². The van der Waals surface area contributed by atoms with Crippen LogP contribution in [0.25, 0.3) is 0 Å². The van der Waals surface area contributed by atoms with Crippen molar-refractivity contribution in [1.29, 1.82) is 0 Å². The molecule has 108 valence electrons. The number of halogens is 1. The van der Waals surface area contributed by atoms with Gasteiger partial charge in [-0.05, 0) is 42.7 Å². The Morgan fingerprint density at radius 1 is 1.19 bits per heavy atom. The average Bonchev–Trinajstić information content (AvgIpc) is 2.49. The molecule has 2 aromatic rings. The van der Waals surface area contributed by atoms with Crippen LogP contribution < -0.4 is 5.32 Å². The second-order valence-corrected chi connectivity index (χ2v) is 6.00. The van der Waals surface area contributed by atoms with Crippen molar-refractivity contribution in [2.75, 3.05) is 6.54 Å². The van der Waals surface area contributed by atoms with Gasteiger partial charge in [-0.3, -0.25) is 0 Å². The van der Waals surface area contributed by atoms with Crippen LogP contribution in [0.5, 0.6) is 0 Å². The molecular formula is C17H17BrN2O. The van der Waals surface area contributed by atoms with Crippen molar-refractivity contribution in [3.63, 3.8) is 0 Å². The van der Waals surface area contributed by atoms with E-state index in [0.29, 0.717) is 12.6 Å². The third kappa shape index (κ3) is 3.45. The highest BCUT2D eigenvalue weighted by atomic mass is 79.9. The van der Waals surface area contributed by atoms with E-state index in [-0.39, 0.29) is 0 Å². The van der Waals surface area contributed by atoms with Crippen LogP contribution in [0.3, 0.4) is 0 Å². The highest BCUT2D eigenvalue weighted by Gasteiger charge is 2.13. The minimum Gasteiger partial charge on any atom is -0.460 e. The number of ether oxygens (including phenoxy) is 1. The predicted molar refractivity (Wildman–Crippen MR) is 88.9 cm³/mol. The molecule has 2 aromatic carbocycles. The molecule has 0 fully saturated rings. The number of nitrogens with zero attached hydrogens (tertiary/aromatic N) is 1. The lowest BCUT2D eigenvalue weighted by molar-refractivity contribution is 0.271. The number of hydrogen-bond acceptors (Lipinski definition) is 3. The maximum absolute atomic E-state index is 5.67. The van der Waals surface area contributed by atoms with Crippen LogP contribution >= 0.6 is 15.9 Å². The summed E-state index contributed by atoms with van der Waals surface area (Å²) in [6.45, 7) is 3.48. The van der Waals surface area contributed by atoms with E-state index in [1.165, 1.54) is 16.7 Å². The summed E-state index contributed by atoms with van der Waals surface area (Å²) in [5, 5.41) is 3.26. The van der Waals surface area contributed by atoms with Gasteiger partial charge in [0.15, 0.2) is 0 Å². The molecule has 0 spiro atoms. The Morgan fingerprint density at radius 2 is 2.00 bits per heavy atom. The van der Waals surface area contributed by atoms with Crippen LogP contribution in [-0.4, -0.2) is 12.6 Å². The topological polar surface area (TPSA) is 33.6 Å². The van der Waals surface area contributed by atoms with E-state index in [9.17, 15) is 0 Å². The van der Waals surface area contributed by atoms with Crippen molar-refractivity contribution < 1.29 is 4.74 Å². The van der Waals surface area contributed by atoms with Gasteiger partial charge in [0.25, 0.3) is 6.02 Å². The summed E-state index contributed by atoms with van der Waals surface area (Å²) in [6.07, 6.45) is 0.941. The molecule has 0 atom stereocenters. The standard InChI is InChI=1S/C17H17BrN2O/c1-12-3-2-4-16-15(12)11-21-17(20-16)19-10-9-13-5-7-14(18)8-6-13/h2-8H,9-11H2,1H3,(H,19,20).